The number of unbranched alkanes of at least 4 members (excludes halogenated alkanes) is 34. The van der Waals surface area contributed by atoms with Gasteiger partial charge in [0.1, 0.15) is 48.8 Å². The molecule has 0 aromatic carbocycles. The van der Waals surface area contributed by atoms with Crippen LogP contribution in [0.3, 0.4) is 0 Å². The third kappa shape index (κ3) is 42.9. The molecular weight excluding hydrogens is 1120 g/mol. The van der Waals surface area contributed by atoms with Crippen molar-refractivity contribution in [1.82, 2.24) is 5.32 Å². The smallest absolute Gasteiger partial charge is 0.220 e. The maximum atomic E-state index is 13.3. The van der Waals surface area contributed by atoms with E-state index in [1.54, 1.807) is 6.08 Å². The second kappa shape index (κ2) is 59.0. The van der Waals surface area contributed by atoms with Crippen LogP contribution in [-0.4, -0.2) is 140 Å². The Hall–Kier alpha value is -2.83. The second-order valence-electron chi connectivity index (χ2n) is 25.3. The lowest BCUT2D eigenvalue weighted by Crippen LogP contribution is -2.65. The summed E-state index contributed by atoms with van der Waals surface area (Å²) in [5.41, 5.74) is 0. The molecular formula is C75H133NO13. The first-order valence-electron chi connectivity index (χ1n) is 36.3. The highest BCUT2D eigenvalue weighted by Crippen LogP contribution is 2.30. The number of nitrogens with one attached hydrogen (secondary N) is 1. The molecule has 0 aliphatic carbocycles. The maximum absolute atomic E-state index is 13.3. The average molecular weight is 1260 g/mol. The first-order chi connectivity index (χ1) is 43.6. The van der Waals surface area contributed by atoms with Gasteiger partial charge in [-0.25, -0.2) is 0 Å². The number of carbonyl (C=O) groups is 1. The van der Waals surface area contributed by atoms with Crippen LogP contribution in [0.2, 0.25) is 0 Å². The quantitative estimate of drug-likeness (QED) is 0.0204. The number of hydrogen-bond acceptors (Lipinski definition) is 13. The maximum Gasteiger partial charge on any atom is 0.220 e. The zero-order chi connectivity index (χ0) is 64.5. The summed E-state index contributed by atoms with van der Waals surface area (Å²) in [5.74, 6) is -0.249. The van der Waals surface area contributed by atoms with Gasteiger partial charge in [-0.2, -0.15) is 0 Å². The predicted molar refractivity (Wildman–Crippen MR) is 364 cm³/mol. The van der Waals surface area contributed by atoms with Gasteiger partial charge in [-0.3, -0.25) is 4.79 Å². The minimum absolute atomic E-state index is 0.249. The molecule has 2 aliphatic heterocycles. The summed E-state index contributed by atoms with van der Waals surface area (Å²) in [6, 6.07) is -0.937. The number of aliphatic hydroxyl groups is 8. The lowest BCUT2D eigenvalue weighted by molar-refractivity contribution is -0.359. The van der Waals surface area contributed by atoms with Crippen LogP contribution in [0.25, 0.3) is 0 Å². The molecule has 0 aromatic rings. The Kier molecular flexibility index (Phi) is 54.5. The first kappa shape index (κ1) is 82.3. The van der Waals surface area contributed by atoms with E-state index in [9.17, 15) is 45.6 Å². The van der Waals surface area contributed by atoms with Crippen LogP contribution in [0.5, 0.6) is 0 Å². The van der Waals surface area contributed by atoms with Crippen LogP contribution in [0.15, 0.2) is 85.1 Å². The number of rotatable bonds is 59. The molecule has 516 valence electrons. The van der Waals surface area contributed by atoms with Crippen LogP contribution in [0.4, 0.5) is 0 Å². The minimum atomic E-state index is -1.79. The second-order valence-corrected chi connectivity index (χ2v) is 25.3. The van der Waals surface area contributed by atoms with Gasteiger partial charge in [-0.15, -0.1) is 0 Å². The zero-order valence-corrected chi connectivity index (χ0v) is 56.2. The number of hydrogen-bond donors (Lipinski definition) is 9. The molecule has 0 radical (unpaired) electrons. The zero-order valence-electron chi connectivity index (χ0n) is 56.2. The van der Waals surface area contributed by atoms with Gasteiger partial charge >= 0.3 is 0 Å². The van der Waals surface area contributed by atoms with Gasteiger partial charge in [0.25, 0.3) is 0 Å². The monoisotopic (exact) mass is 1260 g/mol. The van der Waals surface area contributed by atoms with Crippen LogP contribution < -0.4 is 5.32 Å². The Morgan fingerprint density at radius 3 is 1.24 bits per heavy atom. The van der Waals surface area contributed by atoms with E-state index in [2.05, 4.69) is 92.1 Å². The van der Waals surface area contributed by atoms with Gasteiger partial charge in [0.15, 0.2) is 12.6 Å². The molecule has 2 aliphatic rings. The number of amides is 1. The van der Waals surface area contributed by atoms with Crippen molar-refractivity contribution in [1.29, 1.82) is 0 Å². The van der Waals surface area contributed by atoms with Crippen molar-refractivity contribution in [2.24, 2.45) is 0 Å². The molecule has 89 heavy (non-hydrogen) atoms. The van der Waals surface area contributed by atoms with Gasteiger partial charge in [0.2, 0.25) is 5.91 Å². The number of allylic oxidation sites excluding steroid dienone is 13. The van der Waals surface area contributed by atoms with Crippen molar-refractivity contribution in [3.8, 4) is 0 Å². The topological polar surface area (TPSA) is 228 Å². The van der Waals surface area contributed by atoms with Gasteiger partial charge in [0.05, 0.1) is 32.0 Å². The minimum Gasteiger partial charge on any atom is -0.394 e. The van der Waals surface area contributed by atoms with E-state index in [4.69, 9.17) is 18.9 Å². The Labute approximate surface area is 541 Å². The molecule has 14 nitrogen and oxygen atoms in total. The van der Waals surface area contributed by atoms with Crippen molar-refractivity contribution in [2.45, 2.75) is 364 Å². The van der Waals surface area contributed by atoms with E-state index in [1.165, 1.54) is 193 Å². The first-order valence-corrected chi connectivity index (χ1v) is 36.3. The van der Waals surface area contributed by atoms with Crippen LogP contribution >= 0.6 is 0 Å². The van der Waals surface area contributed by atoms with E-state index >= 15 is 0 Å². The third-order valence-corrected chi connectivity index (χ3v) is 17.3. The molecule has 2 rings (SSSR count). The summed E-state index contributed by atoms with van der Waals surface area (Å²) >= 11 is 0. The van der Waals surface area contributed by atoms with Gasteiger partial charge in [-0.1, -0.05) is 292 Å². The Bertz CT molecular complexity index is 1820. The van der Waals surface area contributed by atoms with Crippen molar-refractivity contribution >= 4 is 5.91 Å². The van der Waals surface area contributed by atoms with Gasteiger partial charge in [0, 0.05) is 6.42 Å². The van der Waals surface area contributed by atoms with Crippen LogP contribution in [0.1, 0.15) is 290 Å². The van der Waals surface area contributed by atoms with Crippen molar-refractivity contribution in [3.05, 3.63) is 85.1 Å². The Morgan fingerprint density at radius 1 is 0.416 bits per heavy atom. The number of aliphatic hydroxyl groups excluding tert-OH is 8. The molecule has 2 heterocycles. The Balaban J connectivity index is 1.67. The highest BCUT2D eigenvalue weighted by molar-refractivity contribution is 5.76. The van der Waals surface area contributed by atoms with E-state index in [-0.39, 0.29) is 18.9 Å². The highest BCUT2D eigenvalue weighted by Gasteiger charge is 2.51. The molecule has 0 spiro atoms. The molecule has 14 heteroatoms. The van der Waals surface area contributed by atoms with Gasteiger partial charge in [-0.05, 0) is 77.0 Å². The standard InChI is InChI=1S/C75H133NO13/c1-3-5-7-9-11-13-15-17-19-21-23-25-27-29-30-31-32-33-34-35-37-39-41-43-45-47-49-51-53-55-57-59-67(80)76-63(62-86-74-72(85)70(83)73(66(61-78)88-74)89-75-71(84)69(82)68(81)65(60-77)87-75)64(79)58-56-54-52-50-48-46-44-42-40-38-36-28-26-24-22-20-18-16-14-12-10-8-6-4-2/h5,7,11,13,17,19,23,25,29-30,48,50,56,58,63-66,68-75,77-79,81-85H,3-4,6,8-10,12,14-16,18,20-22,24,26-28,31-47,49,51-55,57,59-62H2,1-2H3,(H,76,80)/b7-5-,13-11-,19-17-,25-23-,30-29-,50-48+,58-56+. The van der Waals surface area contributed by atoms with E-state index < -0.39 is 86.8 Å². The molecule has 2 saturated heterocycles. The summed E-state index contributed by atoms with van der Waals surface area (Å²) in [6.07, 6.45) is 65.0. The summed E-state index contributed by atoms with van der Waals surface area (Å²) in [5, 5.41) is 87.5. The fourth-order valence-corrected chi connectivity index (χ4v) is 11.6. The summed E-state index contributed by atoms with van der Waals surface area (Å²) in [4.78, 5) is 13.3. The molecule has 0 saturated carbocycles. The van der Waals surface area contributed by atoms with Crippen molar-refractivity contribution in [2.75, 3.05) is 19.8 Å². The van der Waals surface area contributed by atoms with Crippen LogP contribution in [0, 0.1) is 0 Å². The fourth-order valence-electron chi connectivity index (χ4n) is 11.6. The van der Waals surface area contributed by atoms with E-state index in [0.29, 0.717) is 12.8 Å². The largest absolute Gasteiger partial charge is 0.394 e. The molecule has 12 atom stereocenters. The van der Waals surface area contributed by atoms with Crippen LogP contribution in [-0.2, 0) is 23.7 Å². The lowest BCUT2D eigenvalue weighted by atomic mass is 9.97. The highest BCUT2D eigenvalue weighted by atomic mass is 16.7. The molecule has 1 amide bonds. The summed E-state index contributed by atoms with van der Waals surface area (Å²) in [7, 11) is 0. The SMILES string of the molecule is CC/C=C\C/C=C\C/C=C\C/C=C\C/C=C\CCCCCCCCCCCCCCCCCC(=O)NC(COC1OC(CO)C(OC2OC(CO)C(O)C(O)C2O)C(O)C1O)C(O)/C=C/CC/C=C/CCCCCCCCCCCCCCCCCCCC. The fraction of sp³-hybridized carbons (Fsp3) is 0.800. The molecule has 0 aromatic heterocycles. The molecule has 12 unspecified atom stereocenters. The van der Waals surface area contributed by atoms with E-state index in [1.807, 2.05) is 6.08 Å². The van der Waals surface area contributed by atoms with Gasteiger partial charge < -0.3 is 65.1 Å². The van der Waals surface area contributed by atoms with Crippen molar-refractivity contribution < 1.29 is 64.6 Å². The number of carbonyl (C=O) groups excluding carboxylic acids is 1. The average Bonchev–Trinajstić information content (AvgIpc) is 2.53. The number of ether oxygens (including phenoxy) is 4. The molecule has 2 fully saturated rings. The molecule has 0 bridgehead atoms. The molecule has 9 N–H and O–H groups in total. The Morgan fingerprint density at radius 2 is 0.787 bits per heavy atom. The summed E-state index contributed by atoms with van der Waals surface area (Å²) < 4.78 is 22.9. The summed E-state index contributed by atoms with van der Waals surface area (Å²) in [6.45, 7) is 2.70. The van der Waals surface area contributed by atoms with E-state index in [0.717, 1.165) is 64.2 Å². The third-order valence-electron chi connectivity index (χ3n) is 17.3. The predicted octanol–water partition coefficient (Wildman–Crippen LogP) is 15.2. The van der Waals surface area contributed by atoms with Crippen molar-refractivity contribution in [3.63, 3.8) is 0 Å². The normalized spacial score (nSPS) is 23.5. The lowest BCUT2D eigenvalue weighted by Gasteiger charge is -2.46.